The minimum absolute atomic E-state index is 0.0507. The van der Waals surface area contributed by atoms with E-state index in [1.54, 1.807) is 17.0 Å². The number of Topliss-reactive ketones (excluding diaryl/α,β-unsaturated/α-hetero) is 1. The highest BCUT2D eigenvalue weighted by Gasteiger charge is 2.46. The first-order valence-electron chi connectivity index (χ1n) is 18.3. The molecule has 5 N–H and O–H groups in total. The Morgan fingerprint density at radius 2 is 1.75 bits per heavy atom. The van der Waals surface area contributed by atoms with E-state index in [0.717, 1.165) is 24.0 Å². The normalized spacial score (nSPS) is 21.9. The van der Waals surface area contributed by atoms with Gasteiger partial charge in [-0.2, -0.15) is 0 Å². The molecule has 2 fully saturated rings. The second kappa shape index (κ2) is 15.6. The van der Waals surface area contributed by atoms with Gasteiger partial charge in [0.2, 0.25) is 17.6 Å². The van der Waals surface area contributed by atoms with Crippen LogP contribution in [0, 0.1) is 22.7 Å². The number of urea groups is 1. The zero-order valence-electron chi connectivity index (χ0n) is 31.9. The summed E-state index contributed by atoms with van der Waals surface area (Å²) in [5.74, 6) is -1.88. The van der Waals surface area contributed by atoms with Crippen molar-refractivity contribution in [2.75, 3.05) is 26.7 Å². The predicted molar refractivity (Wildman–Crippen MR) is 199 cm³/mol. The molecule has 5 amide bonds. The Kier molecular flexibility index (Phi) is 11.6. The van der Waals surface area contributed by atoms with Crippen LogP contribution in [0.5, 0.6) is 0 Å². The topological polar surface area (TPSA) is 169 Å². The molecule has 5 rings (SSSR count). The smallest absolute Gasteiger partial charge is 0.315 e. The zero-order chi connectivity index (χ0) is 38.8. The molecule has 1 aromatic rings. The molecule has 0 spiro atoms. The van der Waals surface area contributed by atoms with Gasteiger partial charge in [-0.3, -0.25) is 19.2 Å². The van der Waals surface area contributed by atoms with Gasteiger partial charge in [0.1, 0.15) is 12.3 Å². The number of nitrogens with zero attached hydrogens (tertiary/aromatic N) is 2. The summed E-state index contributed by atoms with van der Waals surface area (Å²) in [5, 5.41) is 22.6. The van der Waals surface area contributed by atoms with Crippen molar-refractivity contribution < 1.29 is 33.8 Å². The fourth-order valence-electron chi connectivity index (χ4n) is 6.86. The van der Waals surface area contributed by atoms with Crippen molar-refractivity contribution in [2.24, 2.45) is 22.7 Å². The Hall–Kier alpha value is -4.87. The molecular weight excluding hydrogens is 676 g/mol. The van der Waals surface area contributed by atoms with Gasteiger partial charge in [0.05, 0.1) is 37.4 Å². The standard InChI is InChI=1S/C40H54N6O7/c1-9-18-41-34(49)32(48)28(19-23-14-15-23)42-35(53-8)31-26-17-16-25(26)21-46(31)37(51)33(40(5,6)7)44-38(52)43-29(39(2,3)4)22-45-30(47)20-24-12-10-11-13-27(24)36(45)50/h9-13,17,23,26,28-30,33,42,47H,1,14-15,18-22H2,2-8H3,(H,41,49)(H2,43,44,52)/b35-31-/t26-,28?,29+,30?,33+/m0/s1. The lowest BCUT2D eigenvalue weighted by atomic mass is 9.85. The number of hydrogen-bond acceptors (Lipinski definition) is 8. The third kappa shape index (κ3) is 8.85. The second-order valence-electron chi connectivity index (χ2n) is 16.5. The van der Waals surface area contributed by atoms with Crippen molar-refractivity contribution in [1.29, 1.82) is 0 Å². The minimum atomic E-state index is -1.06. The summed E-state index contributed by atoms with van der Waals surface area (Å²) in [6, 6.07) is 4.08. The fourth-order valence-corrected chi connectivity index (χ4v) is 6.86. The van der Waals surface area contributed by atoms with Crippen LogP contribution in [-0.4, -0.2) is 95.5 Å². The molecule has 1 aromatic carbocycles. The molecular formula is C40H54N6O7. The van der Waals surface area contributed by atoms with Crippen LogP contribution in [0.4, 0.5) is 4.79 Å². The number of likely N-dealkylation sites (tertiary alicyclic amines) is 1. The third-order valence-corrected chi connectivity index (χ3v) is 10.3. The fraction of sp³-hybridized carbons (Fsp3) is 0.550. The van der Waals surface area contributed by atoms with Crippen LogP contribution < -0.4 is 21.3 Å². The Morgan fingerprint density at radius 3 is 2.34 bits per heavy atom. The van der Waals surface area contributed by atoms with E-state index in [1.165, 1.54) is 18.1 Å². The van der Waals surface area contributed by atoms with E-state index >= 15 is 0 Å². The molecule has 4 aliphatic rings. The lowest BCUT2D eigenvalue weighted by Crippen LogP contribution is -2.61. The largest absolute Gasteiger partial charge is 0.481 e. The zero-order valence-corrected chi connectivity index (χ0v) is 31.9. The Bertz CT molecular complexity index is 1740. The molecule has 0 bridgehead atoms. The molecule has 0 aromatic heterocycles. The van der Waals surface area contributed by atoms with Gasteiger partial charge in [0.25, 0.3) is 11.8 Å². The number of nitrogens with one attached hydrogen (secondary N) is 4. The van der Waals surface area contributed by atoms with Gasteiger partial charge in [-0.1, -0.05) is 78.7 Å². The Balaban J connectivity index is 1.36. The van der Waals surface area contributed by atoms with Crippen molar-refractivity contribution in [3.05, 3.63) is 77.0 Å². The van der Waals surface area contributed by atoms with Crippen LogP contribution in [0.1, 0.15) is 76.7 Å². The van der Waals surface area contributed by atoms with Crippen LogP contribution in [0.15, 0.2) is 65.9 Å². The van der Waals surface area contributed by atoms with Gasteiger partial charge in [0.15, 0.2) is 0 Å². The lowest BCUT2D eigenvalue weighted by Gasteiger charge is -2.40. The highest BCUT2D eigenvalue weighted by molar-refractivity contribution is 6.38. The van der Waals surface area contributed by atoms with E-state index in [9.17, 15) is 29.1 Å². The predicted octanol–water partition coefficient (Wildman–Crippen LogP) is 3.13. The maximum atomic E-state index is 14.6. The van der Waals surface area contributed by atoms with Crippen LogP contribution in [-0.2, 0) is 25.5 Å². The van der Waals surface area contributed by atoms with E-state index < -0.39 is 58.8 Å². The SMILES string of the molecule is C=CCNC(=O)C(=O)C(CC1CC1)N/C(OC)=C1\[C@H]2C=C=C2CN1C(=O)[C@@H](NC(=O)N[C@H](CN1C(=O)c2ccccc2CC1O)C(C)(C)C)C(C)(C)C. The third-order valence-electron chi connectivity index (χ3n) is 10.3. The van der Waals surface area contributed by atoms with Gasteiger partial charge in [0, 0.05) is 30.6 Å². The first-order valence-corrected chi connectivity index (χ1v) is 18.3. The number of ether oxygens (including phenoxy) is 1. The summed E-state index contributed by atoms with van der Waals surface area (Å²) in [7, 11) is 1.45. The Morgan fingerprint density at radius 1 is 1.06 bits per heavy atom. The number of carbonyl (C=O) groups excluding carboxylic acids is 5. The summed E-state index contributed by atoms with van der Waals surface area (Å²) in [6.07, 6.45) is 4.90. The van der Waals surface area contributed by atoms with Crippen LogP contribution in [0.25, 0.3) is 0 Å². The number of rotatable bonds is 14. The van der Waals surface area contributed by atoms with E-state index in [1.807, 2.05) is 59.8 Å². The molecule has 2 heterocycles. The van der Waals surface area contributed by atoms with Crippen molar-refractivity contribution in [3.8, 4) is 0 Å². The molecule has 13 nitrogen and oxygen atoms in total. The van der Waals surface area contributed by atoms with Gasteiger partial charge in [-0.15, -0.1) is 12.3 Å². The molecule has 2 aliphatic carbocycles. The molecule has 13 heteroatoms. The quantitative estimate of drug-likeness (QED) is 0.0842. The number of amides is 5. The first kappa shape index (κ1) is 39.3. The summed E-state index contributed by atoms with van der Waals surface area (Å²) >= 11 is 0. The number of hydrogen-bond donors (Lipinski definition) is 5. The van der Waals surface area contributed by atoms with Crippen LogP contribution in [0.3, 0.4) is 0 Å². The average molecular weight is 731 g/mol. The number of aliphatic hydroxyl groups is 1. The number of allylic oxidation sites excluding steroid dienone is 1. The first-order chi connectivity index (χ1) is 24.9. The van der Waals surface area contributed by atoms with Crippen molar-refractivity contribution in [3.63, 3.8) is 0 Å². The van der Waals surface area contributed by atoms with Crippen molar-refractivity contribution in [2.45, 2.75) is 91.6 Å². The summed E-state index contributed by atoms with van der Waals surface area (Å²) in [5.41, 5.74) is 4.50. The molecule has 1 saturated carbocycles. The Labute approximate surface area is 311 Å². The van der Waals surface area contributed by atoms with E-state index in [0.29, 0.717) is 23.6 Å². The molecule has 53 heavy (non-hydrogen) atoms. The van der Waals surface area contributed by atoms with Gasteiger partial charge in [-0.05, 0) is 40.9 Å². The minimum Gasteiger partial charge on any atom is -0.481 e. The number of ketones is 1. The molecule has 0 radical (unpaired) electrons. The molecule has 286 valence electrons. The maximum Gasteiger partial charge on any atom is 0.315 e. The van der Waals surface area contributed by atoms with Crippen molar-refractivity contribution >= 4 is 29.5 Å². The second-order valence-corrected chi connectivity index (χ2v) is 16.5. The highest BCUT2D eigenvalue weighted by atomic mass is 16.5. The van der Waals surface area contributed by atoms with E-state index in [2.05, 4.69) is 33.6 Å². The van der Waals surface area contributed by atoms with E-state index in [4.69, 9.17) is 4.74 Å². The number of benzene rings is 1. The molecule has 1 saturated heterocycles. The molecule has 2 aliphatic heterocycles. The van der Waals surface area contributed by atoms with Gasteiger partial charge >= 0.3 is 6.03 Å². The highest BCUT2D eigenvalue weighted by Crippen LogP contribution is 2.41. The maximum absolute atomic E-state index is 14.6. The lowest BCUT2D eigenvalue weighted by molar-refractivity contribution is -0.139. The number of carbonyl (C=O) groups is 5. The molecule has 5 atom stereocenters. The van der Waals surface area contributed by atoms with Crippen molar-refractivity contribution in [1.82, 2.24) is 31.1 Å². The molecule has 2 unspecified atom stereocenters. The van der Waals surface area contributed by atoms with Gasteiger partial charge in [-0.25, -0.2) is 4.79 Å². The summed E-state index contributed by atoms with van der Waals surface area (Å²) in [4.78, 5) is 70.8. The monoisotopic (exact) mass is 730 g/mol. The van der Waals surface area contributed by atoms with Gasteiger partial charge < -0.3 is 40.9 Å². The summed E-state index contributed by atoms with van der Waals surface area (Å²) < 4.78 is 5.82. The average Bonchev–Trinajstić information content (AvgIpc) is 3.86. The van der Waals surface area contributed by atoms with E-state index in [-0.39, 0.29) is 43.8 Å². The number of fused-ring (bicyclic) bond motifs is 2. The van der Waals surface area contributed by atoms with Crippen LogP contribution in [0.2, 0.25) is 0 Å². The van der Waals surface area contributed by atoms with Crippen LogP contribution >= 0.6 is 0 Å². The number of methoxy groups -OCH3 is 1. The number of aliphatic hydroxyl groups excluding tert-OH is 1. The summed E-state index contributed by atoms with van der Waals surface area (Å²) in [6.45, 7) is 15.4.